The first-order chi connectivity index (χ1) is 13.9. The van der Waals surface area contributed by atoms with Crippen LogP contribution in [0, 0.1) is 0 Å². The zero-order valence-electron chi connectivity index (χ0n) is 14.8. The molecule has 1 fully saturated rings. The number of rotatable bonds is 4. The van der Waals surface area contributed by atoms with Gasteiger partial charge in [0, 0.05) is 18.0 Å². The number of thiophene rings is 1. The predicted molar refractivity (Wildman–Crippen MR) is 109 cm³/mol. The molecule has 2 heterocycles. The molecule has 0 bridgehead atoms. The number of alkyl halides is 6. The van der Waals surface area contributed by atoms with Crippen LogP contribution >= 0.6 is 35.3 Å². The zero-order chi connectivity index (χ0) is 22.3. The summed E-state index contributed by atoms with van der Waals surface area (Å²) >= 11 is 7.26. The number of benzene rings is 1. The Morgan fingerprint density at radius 2 is 1.60 bits per heavy atom. The van der Waals surface area contributed by atoms with Crippen molar-refractivity contribution in [3.05, 3.63) is 50.6 Å². The molecule has 1 aromatic carbocycles. The van der Waals surface area contributed by atoms with Crippen molar-refractivity contribution in [2.75, 3.05) is 13.1 Å². The average Bonchev–Trinajstić information content (AvgIpc) is 3.21. The highest BCUT2D eigenvalue weighted by Gasteiger charge is 2.37. The minimum atomic E-state index is -4.92. The molecular formula is C18H12F6N2OS3. The van der Waals surface area contributed by atoms with E-state index in [9.17, 15) is 31.1 Å². The highest BCUT2D eigenvalue weighted by molar-refractivity contribution is 8.26. The third-order valence-corrected chi connectivity index (χ3v) is 6.30. The summed E-state index contributed by atoms with van der Waals surface area (Å²) in [5.74, 6) is -0.344. The molecule has 2 aromatic rings. The Balaban J connectivity index is 1.97. The van der Waals surface area contributed by atoms with Crippen LogP contribution in [0.1, 0.15) is 16.0 Å². The molecule has 3 rings (SSSR count). The molecule has 1 aromatic heterocycles. The molecule has 30 heavy (non-hydrogen) atoms. The van der Waals surface area contributed by atoms with Crippen LogP contribution in [0.5, 0.6) is 0 Å². The SMILES string of the molecule is NCCN1C(=O)C(=Cc2cc(-c3cc(C(F)(F)F)cc(C(F)(F)F)c3)cs2)SC1=S. The van der Waals surface area contributed by atoms with E-state index in [1.165, 1.54) is 22.4 Å². The van der Waals surface area contributed by atoms with Gasteiger partial charge in [-0.1, -0.05) is 24.0 Å². The van der Waals surface area contributed by atoms with Crippen molar-refractivity contribution >= 4 is 51.6 Å². The van der Waals surface area contributed by atoms with Gasteiger partial charge in [-0.3, -0.25) is 9.69 Å². The van der Waals surface area contributed by atoms with Crippen LogP contribution < -0.4 is 5.73 Å². The van der Waals surface area contributed by atoms with E-state index in [2.05, 4.69) is 0 Å². The van der Waals surface area contributed by atoms with Crippen molar-refractivity contribution in [1.82, 2.24) is 4.90 Å². The Kier molecular flexibility index (Phi) is 6.33. The number of hydrogen-bond donors (Lipinski definition) is 1. The first-order valence-electron chi connectivity index (χ1n) is 8.24. The first kappa shape index (κ1) is 22.8. The van der Waals surface area contributed by atoms with Crippen LogP contribution in [0.2, 0.25) is 0 Å². The lowest BCUT2D eigenvalue weighted by Gasteiger charge is -2.13. The molecule has 3 nitrogen and oxygen atoms in total. The van der Waals surface area contributed by atoms with Gasteiger partial charge in [0.05, 0.1) is 16.0 Å². The Morgan fingerprint density at radius 3 is 2.13 bits per heavy atom. The van der Waals surface area contributed by atoms with Crippen LogP contribution in [-0.4, -0.2) is 28.2 Å². The van der Waals surface area contributed by atoms with Crippen molar-refractivity contribution in [2.45, 2.75) is 12.4 Å². The van der Waals surface area contributed by atoms with E-state index in [1.807, 2.05) is 0 Å². The number of thiocarbonyl (C=S) groups is 1. The van der Waals surface area contributed by atoms with Gasteiger partial charge in [0.2, 0.25) is 0 Å². The summed E-state index contributed by atoms with van der Waals surface area (Å²) in [4.78, 5) is 14.5. The van der Waals surface area contributed by atoms with E-state index in [1.54, 1.807) is 0 Å². The van der Waals surface area contributed by atoms with Gasteiger partial charge in [-0.05, 0) is 46.8 Å². The molecular weight excluding hydrogens is 470 g/mol. The molecule has 0 unspecified atom stereocenters. The number of nitrogens with zero attached hydrogens (tertiary/aromatic N) is 1. The summed E-state index contributed by atoms with van der Waals surface area (Å²) < 4.78 is 78.7. The highest BCUT2D eigenvalue weighted by Crippen LogP contribution is 2.40. The Hall–Kier alpha value is -1.89. The van der Waals surface area contributed by atoms with Gasteiger partial charge in [0.25, 0.3) is 5.91 Å². The fourth-order valence-corrected chi connectivity index (χ4v) is 4.87. The molecule has 0 saturated carbocycles. The molecule has 0 atom stereocenters. The Bertz CT molecular complexity index is 993. The fourth-order valence-electron chi connectivity index (χ4n) is 2.65. The van der Waals surface area contributed by atoms with E-state index in [4.69, 9.17) is 18.0 Å². The largest absolute Gasteiger partial charge is 0.416 e. The van der Waals surface area contributed by atoms with Gasteiger partial charge in [0.15, 0.2) is 0 Å². The first-order valence-corrected chi connectivity index (χ1v) is 10.3. The molecule has 0 aliphatic carbocycles. The van der Waals surface area contributed by atoms with Crippen LogP contribution in [0.3, 0.4) is 0 Å². The summed E-state index contributed by atoms with van der Waals surface area (Å²) in [5.41, 5.74) is 2.63. The number of carbonyl (C=O) groups is 1. The number of thioether (sulfide) groups is 1. The summed E-state index contributed by atoms with van der Waals surface area (Å²) in [7, 11) is 0. The van der Waals surface area contributed by atoms with Crippen molar-refractivity contribution in [2.24, 2.45) is 5.73 Å². The summed E-state index contributed by atoms with van der Waals surface area (Å²) in [6.45, 7) is 0.474. The molecule has 1 amide bonds. The number of amides is 1. The van der Waals surface area contributed by atoms with Crippen LogP contribution in [0.25, 0.3) is 17.2 Å². The maximum atomic E-state index is 13.1. The van der Waals surface area contributed by atoms with E-state index >= 15 is 0 Å². The van der Waals surface area contributed by atoms with Crippen LogP contribution in [0.15, 0.2) is 34.6 Å². The molecule has 1 aliphatic heterocycles. The predicted octanol–water partition coefficient (Wildman–Crippen LogP) is 5.61. The number of nitrogens with two attached hydrogens (primary N) is 1. The maximum Gasteiger partial charge on any atom is 0.416 e. The number of hydrogen-bond acceptors (Lipinski definition) is 5. The second-order valence-corrected chi connectivity index (χ2v) is 8.77. The van der Waals surface area contributed by atoms with Crippen molar-refractivity contribution in [3.63, 3.8) is 0 Å². The molecule has 2 N–H and O–H groups in total. The van der Waals surface area contributed by atoms with Gasteiger partial charge in [-0.2, -0.15) is 26.3 Å². The van der Waals surface area contributed by atoms with Crippen LogP contribution in [-0.2, 0) is 17.1 Å². The maximum absolute atomic E-state index is 13.1. The Labute approximate surface area is 180 Å². The minimum Gasteiger partial charge on any atom is -0.329 e. The highest BCUT2D eigenvalue weighted by atomic mass is 32.2. The number of carbonyl (C=O) groups excluding carboxylic acids is 1. The molecule has 160 valence electrons. The second-order valence-electron chi connectivity index (χ2n) is 6.15. The van der Waals surface area contributed by atoms with Gasteiger partial charge < -0.3 is 5.73 Å². The van der Waals surface area contributed by atoms with Gasteiger partial charge >= 0.3 is 12.4 Å². The molecule has 1 aliphatic rings. The standard InChI is InChI=1S/C18H12F6N2OS3/c19-17(20,21)11-3-9(4-12(6-11)18(22,23)24)10-5-13(29-8-10)7-14-15(27)26(2-1-25)16(28)30-14/h3-8H,1-2,25H2. The van der Waals surface area contributed by atoms with Gasteiger partial charge in [0.1, 0.15) is 4.32 Å². The second kappa shape index (κ2) is 8.33. The lowest BCUT2D eigenvalue weighted by atomic mass is 10.0. The third kappa shape index (κ3) is 4.88. The normalized spacial score (nSPS) is 16.8. The molecule has 1 saturated heterocycles. The van der Waals surface area contributed by atoms with Gasteiger partial charge in [-0.15, -0.1) is 11.3 Å². The Morgan fingerprint density at radius 1 is 1.00 bits per heavy atom. The smallest absolute Gasteiger partial charge is 0.329 e. The summed E-state index contributed by atoms with van der Waals surface area (Å²) in [6.07, 6.45) is -8.35. The van der Waals surface area contributed by atoms with E-state index < -0.39 is 23.5 Å². The van der Waals surface area contributed by atoms with Crippen molar-refractivity contribution in [1.29, 1.82) is 0 Å². The van der Waals surface area contributed by atoms with E-state index in [0.717, 1.165) is 23.1 Å². The van der Waals surface area contributed by atoms with E-state index in [0.29, 0.717) is 26.2 Å². The van der Waals surface area contributed by atoms with Crippen molar-refractivity contribution in [3.8, 4) is 11.1 Å². The average molecular weight is 482 g/mol. The fraction of sp³-hybridized carbons (Fsp3) is 0.222. The third-order valence-electron chi connectivity index (χ3n) is 4.04. The lowest BCUT2D eigenvalue weighted by Crippen LogP contribution is -2.32. The van der Waals surface area contributed by atoms with Crippen LogP contribution in [0.4, 0.5) is 26.3 Å². The lowest BCUT2D eigenvalue weighted by molar-refractivity contribution is -0.143. The monoisotopic (exact) mass is 482 g/mol. The minimum absolute atomic E-state index is 0.0829. The zero-order valence-corrected chi connectivity index (χ0v) is 17.3. The molecule has 0 radical (unpaired) electrons. The number of halogens is 6. The summed E-state index contributed by atoms with van der Waals surface area (Å²) in [5, 5.41) is 1.43. The topological polar surface area (TPSA) is 46.3 Å². The summed E-state index contributed by atoms with van der Waals surface area (Å²) in [6, 6.07) is 2.85. The van der Waals surface area contributed by atoms with Gasteiger partial charge in [-0.25, -0.2) is 0 Å². The quantitative estimate of drug-likeness (QED) is 0.350. The van der Waals surface area contributed by atoms with E-state index in [-0.39, 0.29) is 36.2 Å². The molecule has 0 spiro atoms. The molecule has 12 heteroatoms. The van der Waals surface area contributed by atoms with Crippen molar-refractivity contribution < 1.29 is 31.1 Å².